The van der Waals surface area contributed by atoms with Gasteiger partial charge in [0.05, 0.1) is 17.2 Å². The highest BCUT2D eigenvalue weighted by molar-refractivity contribution is 6.35. The number of ether oxygens (including phenoxy) is 2. The van der Waals surface area contributed by atoms with Gasteiger partial charge in [0.15, 0.2) is 0 Å². The molecular weight excluding hydrogens is 325 g/mol. The maximum atomic E-state index is 6.40. The van der Waals surface area contributed by atoms with E-state index in [1.165, 1.54) is 6.33 Å². The molecule has 22 heavy (non-hydrogen) atoms. The second-order valence-corrected chi connectivity index (χ2v) is 6.41. The molecule has 1 fully saturated rings. The fourth-order valence-electron chi connectivity index (χ4n) is 2.85. The van der Waals surface area contributed by atoms with Crippen LogP contribution in [0.25, 0.3) is 0 Å². The van der Waals surface area contributed by atoms with Gasteiger partial charge < -0.3 is 9.47 Å². The lowest BCUT2D eigenvalue weighted by atomic mass is 10.0. The standard InChI is InChI=1S/C15H17Cl2N3O2/c1-10-5-11(2)22-15(21-10,7-20-9-18-8-19-20)13-4-3-12(16)6-14(13)17/h3-4,6,8-11H,5,7H2,1-2H3. The Morgan fingerprint density at radius 2 is 2.00 bits per heavy atom. The molecule has 2 unspecified atom stereocenters. The first-order valence-corrected chi connectivity index (χ1v) is 7.88. The summed E-state index contributed by atoms with van der Waals surface area (Å²) in [4.78, 5) is 3.97. The molecule has 0 amide bonds. The lowest BCUT2D eigenvalue weighted by Gasteiger charge is -2.43. The third kappa shape index (κ3) is 3.13. The molecular formula is C15H17Cl2N3O2. The number of hydrogen-bond acceptors (Lipinski definition) is 4. The van der Waals surface area contributed by atoms with E-state index in [2.05, 4.69) is 10.1 Å². The molecule has 3 rings (SSSR count). The Bertz CT molecular complexity index is 638. The summed E-state index contributed by atoms with van der Waals surface area (Å²) in [6.07, 6.45) is 4.01. The third-order valence-electron chi connectivity index (χ3n) is 3.63. The van der Waals surface area contributed by atoms with Crippen molar-refractivity contribution in [3.8, 4) is 0 Å². The monoisotopic (exact) mass is 341 g/mol. The van der Waals surface area contributed by atoms with Crippen LogP contribution in [0.5, 0.6) is 0 Å². The lowest BCUT2D eigenvalue weighted by Crippen LogP contribution is -2.47. The van der Waals surface area contributed by atoms with Crippen LogP contribution in [-0.2, 0) is 21.8 Å². The molecule has 1 aliphatic rings. The first-order chi connectivity index (χ1) is 10.5. The van der Waals surface area contributed by atoms with Gasteiger partial charge in [-0.1, -0.05) is 29.3 Å². The minimum absolute atomic E-state index is 0.0408. The molecule has 0 bridgehead atoms. The summed E-state index contributed by atoms with van der Waals surface area (Å²) in [5.74, 6) is -1.01. The number of aromatic nitrogens is 3. The molecule has 1 aromatic carbocycles. The maximum absolute atomic E-state index is 6.40. The average molecular weight is 342 g/mol. The Labute approximate surface area is 139 Å². The summed E-state index contributed by atoms with van der Waals surface area (Å²) < 4.78 is 14.0. The Hall–Kier alpha value is -1.14. The highest BCUT2D eigenvalue weighted by atomic mass is 35.5. The zero-order valence-electron chi connectivity index (χ0n) is 12.4. The topological polar surface area (TPSA) is 49.2 Å². The van der Waals surface area contributed by atoms with Crippen molar-refractivity contribution in [2.75, 3.05) is 0 Å². The van der Waals surface area contributed by atoms with E-state index in [9.17, 15) is 0 Å². The van der Waals surface area contributed by atoms with Crippen molar-refractivity contribution in [3.05, 3.63) is 46.5 Å². The molecule has 1 aliphatic heterocycles. The zero-order chi connectivity index (χ0) is 15.7. The van der Waals surface area contributed by atoms with Gasteiger partial charge in [-0.3, -0.25) is 0 Å². The fraction of sp³-hybridized carbons (Fsp3) is 0.467. The fourth-order valence-corrected chi connectivity index (χ4v) is 3.41. The Morgan fingerprint density at radius 1 is 1.27 bits per heavy atom. The zero-order valence-corrected chi connectivity index (χ0v) is 13.9. The van der Waals surface area contributed by atoms with Crippen LogP contribution in [0.4, 0.5) is 0 Å². The first kappa shape index (κ1) is 15.7. The van der Waals surface area contributed by atoms with E-state index in [1.54, 1.807) is 23.1 Å². The van der Waals surface area contributed by atoms with Crippen molar-refractivity contribution < 1.29 is 9.47 Å². The van der Waals surface area contributed by atoms with Crippen molar-refractivity contribution in [2.24, 2.45) is 0 Å². The largest absolute Gasteiger partial charge is 0.341 e. The summed E-state index contributed by atoms with van der Waals surface area (Å²) in [6, 6.07) is 5.31. The van der Waals surface area contributed by atoms with Gasteiger partial charge in [-0.15, -0.1) is 0 Å². The predicted octanol–water partition coefficient (Wildman–Crippen LogP) is 3.65. The molecule has 0 radical (unpaired) electrons. The molecule has 7 heteroatoms. The van der Waals surface area contributed by atoms with Gasteiger partial charge in [-0.05, 0) is 32.4 Å². The van der Waals surface area contributed by atoms with Crippen LogP contribution in [0.2, 0.25) is 10.0 Å². The van der Waals surface area contributed by atoms with Gasteiger partial charge >= 0.3 is 0 Å². The van der Waals surface area contributed by atoms with E-state index in [1.807, 2.05) is 19.9 Å². The van der Waals surface area contributed by atoms with E-state index in [0.717, 1.165) is 12.0 Å². The van der Waals surface area contributed by atoms with Gasteiger partial charge in [-0.2, -0.15) is 5.10 Å². The second-order valence-electron chi connectivity index (χ2n) is 5.56. The molecule has 1 aromatic heterocycles. The number of hydrogen-bond donors (Lipinski definition) is 0. The smallest absolute Gasteiger partial charge is 0.217 e. The molecule has 0 N–H and O–H groups in total. The quantitative estimate of drug-likeness (QED) is 0.854. The molecule has 1 saturated heterocycles. The maximum Gasteiger partial charge on any atom is 0.217 e. The molecule has 2 aromatic rings. The average Bonchev–Trinajstić information content (AvgIpc) is 2.89. The highest BCUT2D eigenvalue weighted by Crippen LogP contribution is 2.41. The lowest BCUT2D eigenvalue weighted by molar-refractivity contribution is -0.328. The van der Waals surface area contributed by atoms with Crippen molar-refractivity contribution in [1.82, 2.24) is 14.8 Å². The summed E-state index contributed by atoms with van der Waals surface area (Å²) in [5.41, 5.74) is 0.743. The van der Waals surface area contributed by atoms with Crippen LogP contribution in [0.15, 0.2) is 30.9 Å². The number of benzene rings is 1. The van der Waals surface area contributed by atoms with Gasteiger partial charge in [0.2, 0.25) is 5.79 Å². The molecule has 118 valence electrons. The van der Waals surface area contributed by atoms with Crippen molar-refractivity contribution in [3.63, 3.8) is 0 Å². The number of halogens is 2. The van der Waals surface area contributed by atoms with Crippen molar-refractivity contribution >= 4 is 23.2 Å². The van der Waals surface area contributed by atoms with Crippen LogP contribution in [-0.4, -0.2) is 27.0 Å². The van der Waals surface area contributed by atoms with E-state index >= 15 is 0 Å². The number of nitrogens with zero attached hydrogens (tertiary/aromatic N) is 3. The summed E-state index contributed by atoms with van der Waals surface area (Å²) in [5, 5.41) is 5.23. The van der Waals surface area contributed by atoms with E-state index in [4.69, 9.17) is 32.7 Å². The summed E-state index contributed by atoms with van der Waals surface area (Å²) in [6.45, 7) is 4.42. The summed E-state index contributed by atoms with van der Waals surface area (Å²) >= 11 is 12.4. The minimum atomic E-state index is -1.01. The molecule has 0 spiro atoms. The van der Waals surface area contributed by atoms with Crippen LogP contribution in [0.3, 0.4) is 0 Å². The predicted molar refractivity (Wildman–Crippen MR) is 83.9 cm³/mol. The SMILES string of the molecule is CC1CC(C)OC(Cn2cncn2)(c2ccc(Cl)cc2Cl)O1. The van der Waals surface area contributed by atoms with Gasteiger partial charge in [0, 0.05) is 10.6 Å². The van der Waals surface area contributed by atoms with Gasteiger partial charge in [0.25, 0.3) is 0 Å². The summed E-state index contributed by atoms with van der Waals surface area (Å²) in [7, 11) is 0. The van der Waals surface area contributed by atoms with Crippen molar-refractivity contribution in [1.29, 1.82) is 0 Å². The molecule has 0 aliphatic carbocycles. The Morgan fingerprint density at radius 3 is 2.59 bits per heavy atom. The third-order valence-corrected chi connectivity index (χ3v) is 4.17. The van der Waals surface area contributed by atoms with Crippen LogP contribution >= 0.6 is 23.2 Å². The molecule has 2 atom stereocenters. The normalized spacial score (nSPS) is 28.7. The van der Waals surface area contributed by atoms with Crippen LogP contribution < -0.4 is 0 Å². The van der Waals surface area contributed by atoms with E-state index in [0.29, 0.717) is 16.6 Å². The van der Waals surface area contributed by atoms with Crippen molar-refractivity contribution in [2.45, 2.75) is 44.8 Å². The van der Waals surface area contributed by atoms with Crippen LogP contribution in [0, 0.1) is 0 Å². The molecule has 5 nitrogen and oxygen atoms in total. The molecule has 0 saturated carbocycles. The number of rotatable bonds is 3. The molecule has 2 heterocycles. The second kappa shape index (κ2) is 6.16. The first-order valence-electron chi connectivity index (χ1n) is 7.12. The van der Waals surface area contributed by atoms with Gasteiger partial charge in [-0.25, -0.2) is 9.67 Å². The van der Waals surface area contributed by atoms with E-state index < -0.39 is 5.79 Å². The minimum Gasteiger partial charge on any atom is -0.341 e. The van der Waals surface area contributed by atoms with Gasteiger partial charge in [0.1, 0.15) is 19.2 Å². The Balaban J connectivity index is 2.05. The van der Waals surface area contributed by atoms with E-state index in [-0.39, 0.29) is 12.2 Å². The highest BCUT2D eigenvalue weighted by Gasteiger charge is 2.44. The van der Waals surface area contributed by atoms with Crippen LogP contribution in [0.1, 0.15) is 25.8 Å². The Kier molecular flexibility index (Phi) is 4.41.